The number of carbonyl (C=O) groups excluding carboxylic acids is 4. The molecule has 6 nitrogen and oxygen atoms in total. The molecule has 8 heteroatoms. The zero-order chi connectivity index (χ0) is 27.6. The van der Waals surface area contributed by atoms with Crippen molar-refractivity contribution in [2.24, 2.45) is 29.6 Å². The molecule has 0 radical (unpaired) electrons. The first-order valence-corrected chi connectivity index (χ1v) is 15.3. The van der Waals surface area contributed by atoms with Gasteiger partial charge in [0.1, 0.15) is 0 Å². The molecule has 8 rings (SSSR count). The van der Waals surface area contributed by atoms with Crippen LogP contribution in [0, 0.1) is 29.6 Å². The van der Waals surface area contributed by atoms with E-state index in [0.29, 0.717) is 0 Å². The molecule has 2 aromatic heterocycles. The molecule has 3 aliphatic rings. The summed E-state index contributed by atoms with van der Waals surface area (Å²) in [6.45, 7) is 5.32. The molecule has 1 saturated carbocycles. The van der Waals surface area contributed by atoms with Crippen LogP contribution in [0.25, 0.3) is 40.3 Å². The van der Waals surface area contributed by atoms with E-state index < -0.39 is 5.92 Å². The van der Waals surface area contributed by atoms with E-state index >= 15 is 0 Å². The zero-order valence-corrected chi connectivity index (χ0v) is 23.7. The van der Waals surface area contributed by atoms with Crippen molar-refractivity contribution in [3.05, 3.63) is 59.7 Å². The maximum atomic E-state index is 13.1. The zero-order valence-electron chi connectivity index (χ0n) is 22.1. The number of carbonyl (C=O) groups is 4. The van der Waals surface area contributed by atoms with E-state index in [2.05, 4.69) is 66.1 Å². The molecule has 3 aromatic carbocycles. The highest BCUT2D eigenvalue weighted by atomic mass is 32.1. The van der Waals surface area contributed by atoms with Gasteiger partial charge in [-0.05, 0) is 63.9 Å². The van der Waals surface area contributed by atoms with Gasteiger partial charge in [0.25, 0.3) is 0 Å². The lowest BCUT2D eigenvalue weighted by Crippen LogP contribution is -2.55. The van der Waals surface area contributed by atoms with Crippen LogP contribution in [-0.4, -0.2) is 23.6 Å². The molecule has 2 aliphatic carbocycles. The fourth-order valence-corrected chi connectivity index (χ4v) is 10.8. The smallest absolute Gasteiger partial charge is 0.231 e. The van der Waals surface area contributed by atoms with Crippen molar-refractivity contribution >= 4 is 86.6 Å². The number of rotatable bonds is 2. The summed E-state index contributed by atoms with van der Waals surface area (Å²) >= 11 is 3.57. The van der Waals surface area contributed by atoms with Gasteiger partial charge < -0.3 is 0 Å². The number of thiophene rings is 2. The molecule has 0 spiro atoms. The van der Waals surface area contributed by atoms with Gasteiger partial charge in [0.05, 0.1) is 21.2 Å². The van der Waals surface area contributed by atoms with Crippen molar-refractivity contribution in [2.45, 2.75) is 32.6 Å². The number of fused-ring (bicyclic) bond motifs is 12. The normalized spacial score (nSPS) is 27.8. The number of nitrogens with one attached hydrogen (secondary N) is 2. The van der Waals surface area contributed by atoms with Crippen molar-refractivity contribution < 1.29 is 19.2 Å². The van der Waals surface area contributed by atoms with Crippen LogP contribution in [0.15, 0.2) is 48.5 Å². The molecule has 2 N–H and O–H groups in total. The number of imide groups is 2. The Morgan fingerprint density at radius 3 is 2.17 bits per heavy atom. The average Bonchev–Trinajstić information content (AvgIpc) is 3.49. The van der Waals surface area contributed by atoms with Crippen molar-refractivity contribution in [3.8, 4) is 0 Å². The molecule has 5 aromatic rings. The van der Waals surface area contributed by atoms with Gasteiger partial charge in [-0.1, -0.05) is 38.1 Å². The van der Waals surface area contributed by atoms with Crippen LogP contribution in [0.3, 0.4) is 0 Å². The van der Waals surface area contributed by atoms with E-state index in [1.807, 2.05) is 6.92 Å². The van der Waals surface area contributed by atoms with E-state index in [-0.39, 0.29) is 59.1 Å². The van der Waals surface area contributed by atoms with Gasteiger partial charge in [-0.15, -0.1) is 22.7 Å². The molecule has 1 aliphatic heterocycles. The molecule has 40 heavy (non-hydrogen) atoms. The maximum absolute atomic E-state index is 13.1. The lowest BCUT2D eigenvalue weighted by atomic mass is 9.45. The highest BCUT2D eigenvalue weighted by molar-refractivity contribution is 7.36. The third-order valence-electron chi connectivity index (χ3n) is 9.75. The summed E-state index contributed by atoms with van der Waals surface area (Å²) in [7, 11) is 0. The highest BCUT2D eigenvalue weighted by Gasteiger charge is 2.66. The van der Waals surface area contributed by atoms with Gasteiger partial charge in [0.15, 0.2) is 0 Å². The van der Waals surface area contributed by atoms with Crippen LogP contribution in [0.5, 0.6) is 0 Å². The first kappa shape index (κ1) is 24.2. The van der Waals surface area contributed by atoms with Crippen LogP contribution in [0.1, 0.15) is 43.7 Å². The van der Waals surface area contributed by atoms with E-state index in [9.17, 15) is 19.2 Å². The van der Waals surface area contributed by atoms with Crippen LogP contribution < -0.4 is 10.6 Å². The number of benzene rings is 3. The quantitative estimate of drug-likeness (QED) is 0.254. The monoisotopic (exact) mass is 566 g/mol. The summed E-state index contributed by atoms with van der Waals surface area (Å²) in [4.78, 5) is 50.6. The Morgan fingerprint density at radius 2 is 1.48 bits per heavy atom. The minimum Gasteiger partial charge on any atom is -0.296 e. The summed E-state index contributed by atoms with van der Waals surface area (Å²) in [5.41, 5.74) is 2.15. The number of hydrogen-bond donors (Lipinski definition) is 2. The first-order valence-electron chi connectivity index (χ1n) is 13.7. The average molecular weight is 567 g/mol. The van der Waals surface area contributed by atoms with Crippen molar-refractivity contribution in [3.63, 3.8) is 0 Å². The number of hydrogen-bond acceptors (Lipinski definition) is 6. The Labute approximate surface area is 237 Å². The summed E-state index contributed by atoms with van der Waals surface area (Å²) in [6.07, 6.45) is 0. The Morgan fingerprint density at radius 1 is 0.850 bits per heavy atom. The van der Waals surface area contributed by atoms with Gasteiger partial charge in [-0.3, -0.25) is 29.8 Å². The minimum atomic E-state index is -0.469. The molecule has 1 saturated heterocycles. The third-order valence-corrected chi connectivity index (χ3v) is 12.3. The lowest BCUT2D eigenvalue weighted by molar-refractivity contribution is -0.138. The van der Waals surface area contributed by atoms with E-state index in [4.69, 9.17) is 0 Å². The Kier molecular flexibility index (Phi) is 4.97. The van der Waals surface area contributed by atoms with Crippen LogP contribution >= 0.6 is 22.7 Å². The Balaban J connectivity index is 1.36. The van der Waals surface area contributed by atoms with E-state index in [0.717, 1.165) is 15.8 Å². The van der Waals surface area contributed by atoms with Crippen molar-refractivity contribution in [1.29, 1.82) is 0 Å². The maximum Gasteiger partial charge on any atom is 0.231 e. The second-order valence-corrected chi connectivity index (χ2v) is 13.9. The molecule has 200 valence electrons. The SMILES string of the molecule is CC(=O)NC(=O)C(C)[C@H]1c2cc3sc4c5cc6ccccc6cc5sc4c3cc2[C@H]2C3C(=O)NC(=O)C3[C@H]2[C@H]1C. The standard InChI is InChI=1S/C32H26N2O4S2/c1-12-23(13(2)30(36)33-14(3)35)18-11-22-20(10-17(18)25-24(12)26-27(25)32(38)34-31(26)37)29-28(40-22)19-8-15-6-4-5-7-16(15)9-21(19)39-29/h4-13,23-27H,1-3H3,(H,33,35,36)(H,34,37,38)/t12-,13?,23-,24-,25+,26?,27?/m0/s1. The molecule has 3 unspecified atom stereocenters. The van der Waals surface area contributed by atoms with E-state index in [1.165, 1.54) is 42.6 Å². The largest absolute Gasteiger partial charge is 0.296 e. The fraction of sp³-hybridized carbons (Fsp3) is 0.312. The van der Waals surface area contributed by atoms with Gasteiger partial charge in [0.2, 0.25) is 23.6 Å². The second kappa shape index (κ2) is 8.21. The number of amides is 4. The lowest BCUT2D eigenvalue weighted by Gasteiger charge is -2.56. The van der Waals surface area contributed by atoms with Gasteiger partial charge >= 0.3 is 0 Å². The second-order valence-electron chi connectivity index (χ2n) is 11.8. The molecule has 3 heterocycles. The van der Waals surface area contributed by atoms with Crippen LogP contribution in [0.4, 0.5) is 0 Å². The summed E-state index contributed by atoms with van der Waals surface area (Å²) < 4.78 is 4.91. The summed E-state index contributed by atoms with van der Waals surface area (Å²) in [5.74, 6) is -2.51. The van der Waals surface area contributed by atoms with Gasteiger partial charge in [-0.25, -0.2) is 0 Å². The Bertz CT molecular complexity index is 1990. The predicted molar refractivity (Wildman–Crippen MR) is 158 cm³/mol. The molecule has 0 bridgehead atoms. The van der Waals surface area contributed by atoms with Crippen molar-refractivity contribution in [2.75, 3.05) is 0 Å². The van der Waals surface area contributed by atoms with Crippen molar-refractivity contribution in [1.82, 2.24) is 10.6 Å². The predicted octanol–water partition coefficient (Wildman–Crippen LogP) is 6.06. The topological polar surface area (TPSA) is 92.3 Å². The van der Waals surface area contributed by atoms with Gasteiger partial charge in [-0.2, -0.15) is 0 Å². The molecule has 4 amide bonds. The van der Waals surface area contributed by atoms with Crippen LogP contribution in [0.2, 0.25) is 0 Å². The van der Waals surface area contributed by atoms with E-state index in [1.54, 1.807) is 22.7 Å². The summed E-state index contributed by atoms with van der Waals surface area (Å²) in [6, 6.07) is 17.4. The summed E-state index contributed by atoms with van der Waals surface area (Å²) in [5, 5.41) is 9.91. The molecule has 2 fully saturated rings. The first-order chi connectivity index (χ1) is 19.2. The molecular formula is C32H26N2O4S2. The van der Waals surface area contributed by atoms with Gasteiger partial charge in [0, 0.05) is 38.9 Å². The molecular weight excluding hydrogens is 540 g/mol. The Hall–Kier alpha value is -3.62. The fourth-order valence-electron chi connectivity index (χ4n) is 8.08. The third kappa shape index (κ3) is 3.09. The molecule has 7 atom stereocenters. The highest BCUT2D eigenvalue weighted by Crippen LogP contribution is 2.65. The van der Waals surface area contributed by atoms with Crippen LogP contribution in [-0.2, 0) is 19.2 Å². The minimum absolute atomic E-state index is 0.00571.